The summed E-state index contributed by atoms with van der Waals surface area (Å²) in [6.45, 7) is 2.79. The van der Waals surface area contributed by atoms with E-state index in [9.17, 15) is 9.59 Å². The Balaban J connectivity index is 1.30. The van der Waals surface area contributed by atoms with E-state index in [1.165, 1.54) is 19.2 Å². The van der Waals surface area contributed by atoms with E-state index in [1.807, 2.05) is 18.2 Å². The third-order valence-electron chi connectivity index (χ3n) is 6.98. The average molecular weight is 508 g/mol. The lowest BCUT2D eigenvalue weighted by atomic mass is 9.91. The Kier molecular flexibility index (Phi) is 7.43. The minimum absolute atomic E-state index is 0.0306. The molecule has 2 amide bonds. The lowest BCUT2D eigenvalue weighted by molar-refractivity contribution is 0.0923. The highest BCUT2D eigenvalue weighted by molar-refractivity contribution is 6.08. The molecule has 0 radical (unpaired) electrons. The van der Waals surface area contributed by atoms with Crippen LogP contribution in [-0.4, -0.2) is 59.4 Å². The van der Waals surface area contributed by atoms with Crippen molar-refractivity contribution in [2.75, 3.05) is 20.3 Å². The van der Waals surface area contributed by atoms with E-state index in [0.29, 0.717) is 52.9 Å². The van der Waals surface area contributed by atoms with Crippen molar-refractivity contribution in [1.82, 2.24) is 25.6 Å². The normalized spacial score (nSPS) is 19.3. The van der Waals surface area contributed by atoms with E-state index >= 15 is 0 Å². The predicted octanol–water partition coefficient (Wildman–Crippen LogP) is 4.21. The van der Waals surface area contributed by atoms with E-state index in [4.69, 9.17) is 14.2 Å². The molecule has 5 rings (SSSR count). The van der Waals surface area contributed by atoms with Crippen molar-refractivity contribution in [2.45, 2.75) is 57.5 Å². The number of nitrogens with zero attached hydrogens (tertiary/aromatic N) is 2. The molecule has 0 saturated heterocycles. The highest BCUT2D eigenvalue weighted by atomic mass is 16.5. The molecule has 0 atom stereocenters. The smallest absolute Gasteiger partial charge is 0.407 e. The molecular formula is C27H33N5O5. The molecular weight excluding hydrogens is 474 g/mol. The molecule has 0 unspecified atom stereocenters. The fourth-order valence-corrected chi connectivity index (χ4v) is 4.74. The van der Waals surface area contributed by atoms with Crippen molar-refractivity contribution in [1.29, 1.82) is 0 Å². The maximum atomic E-state index is 13.2. The topological polar surface area (TPSA) is 127 Å². The molecule has 0 bridgehead atoms. The molecule has 10 nitrogen and oxygen atoms in total. The molecule has 0 aliphatic heterocycles. The Morgan fingerprint density at radius 2 is 1.81 bits per heavy atom. The number of H-pyrrole nitrogens is 1. The number of benzene rings is 1. The molecule has 2 aromatic heterocycles. The van der Waals surface area contributed by atoms with E-state index in [0.717, 1.165) is 31.2 Å². The molecule has 0 spiro atoms. The zero-order valence-corrected chi connectivity index (χ0v) is 21.2. The standard InChI is InChI=1S/C27H33N5O5/c1-3-36-27(34)32-18-8-6-17(7-9-18)31-26(33)21-13-28-25-23(29-15-30-24(21)25)20-11-10-19(35-2)12-22(20)37-14-16-4-5-16/h10-13,15-18,28H,3-9,14H2,1-2H3,(H,31,33)(H,32,34). The molecule has 1 aromatic carbocycles. The van der Waals surface area contributed by atoms with Gasteiger partial charge in [0.1, 0.15) is 29.0 Å². The van der Waals surface area contributed by atoms with Gasteiger partial charge >= 0.3 is 6.09 Å². The number of fused-ring (bicyclic) bond motifs is 1. The predicted molar refractivity (Wildman–Crippen MR) is 138 cm³/mol. The second-order valence-electron chi connectivity index (χ2n) is 9.65. The minimum atomic E-state index is -0.387. The van der Waals surface area contributed by atoms with Crippen LogP contribution in [0.25, 0.3) is 22.3 Å². The summed E-state index contributed by atoms with van der Waals surface area (Å²) in [4.78, 5) is 37.0. The number of aromatic nitrogens is 3. The summed E-state index contributed by atoms with van der Waals surface area (Å²) in [7, 11) is 1.63. The van der Waals surface area contributed by atoms with Gasteiger partial charge in [0, 0.05) is 29.9 Å². The number of rotatable bonds is 9. The third kappa shape index (κ3) is 5.79. The number of alkyl carbamates (subject to hydrolysis) is 1. The Labute approximate surface area is 215 Å². The molecule has 2 heterocycles. The first-order chi connectivity index (χ1) is 18.1. The van der Waals surface area contributed by atoms with Crippen LogP contribution in [0.15, 0.2) is 30.7 Å². The second-order valence-corrected chi connectivity index (χ2v) is 9.65. The number of nitrogens with one attached hydrogen (secondary N) is 3. The first-order valence-electron chi connectivity index (χ1n) is 12.9. The number of hydrogen-bond acceptors (Lipinski definition) is 7. The number of aromatic amines is 1. The van der Waals surface area contributed by atoms with Crippen LogP contribution in [0.1, 0.15) is 55.8 Å². The summed E-state index contributed by atoms with van der Waals surface area (Å²) < 4.78 is 16.5. The lowest BCUT2D eigenvalue weighted by Crippen LogP contribution is -2.43. The van der Waals surface area contributed by atoms with Crippen LogP contribution in [0.4, 0.5) is 4.79 Å². The quantitative estimate of drug-likeness (QED) is 0.396. The van der Waals surface area contributed by atoms with Gasteiger partial charge in [0.15, 0.2) is 0 Å². The summed E-state index contributed by atoms with van der Waals surface area (Å²) >= 11 is 0. The number of carbonyl (C=O) groups is 2. The summed E-state index contributed by atoms with van der Waals surface area (Å²) in [5.74, 6) is 1.82. The Bertz CT molecular complexity index is 1260. The van der Waals surface area contributed by atoms with Crippen LogP contribution in [0.2, 0.25) is 0 Å². The summed E-state index contributed by atoms with van der Waals surface area (Å²) in [5, 5.41) is 6.02. The van der Waals surface area contributed by atoms with Crippen LogP contribution >= 0.6 is 0 Å². The number of amides is 2. The van der Waals surface area contributed by atoms with Crippen LogP contribution in [0.5, 0.6) is 11.5 Å². The van der Waals surface area contributed by atoms with Crippen LogP contribution in [-0.2, 0) is 4.74 Å². The van der Waals surface area contributed by atoms with Gasteiger partial charge in [0.2, 0.25) is 0 Å². The van der Waals surface area contributed by atoms with E-state index in [2.05, 4.69) is 25.6 Å². The van der Waals surface area contributed by atoms with E-state index < -0.39 is 0 Å². The fourth-order valence-electron chi connectivity index (χ4n) is 4.74. The highest BCUT2D eigenvalue weighted by Gasteiger charge is 2.27. The summed E-state index contributed by atoms with van der Waals surface area (Å²) in [6.07, 6.45) is 8.27. The zero-order chi connectivity index (χ0) is 25.8. The van der Waals surface area contributed by atoms with E-state index in [-0.39, 0.29) is 24.1 Å². The van der Waals surface area contributed by atoms with Crippen molar-refractivity contribution < 1.29 is 23.8 Å². The van der Waals surface area contributed by atoms with Crippen molar-refractivity contribution >= 4 is 23.0 Å². The summed E-state index contributed by atoms with van der Waals surface area (Å²) in [5.41, 5.74) is 3.19. The van der Waals surface area contributed by atoms with Crippen molar-refractivity contribution in [3.8, 4) is 22.8 Å². The van der Waals surface area contributed by atoms with Gasteiger partial charge in [0.05, 0.1) is 31.4 Å². The largest absolute Gasteiger partial charge is 0.497 e. The number of carbonyl (C=O) groups excluding carboxylic acids is 2. The third-order valence-corrected chi connectivity index (χ3v) is 6.98. The molecule has 10 heteroatoms. The maximum absolute atomic E-state index is 13.2. The molecule has 2 aliphatic carbocycles. The van der Waals surface area contributed by atoms with Gasteiger partial charge in [0.25, 0.3) is 5.91 Å². The van der Waals surface area contributed by atoms with Gasteiger partial charge in [-0.2, -0.15) is 0 Å². The SMILES string of the molecule is CCOC(=O)NC1CCC(NC(=O)c2c[nH]c3c(-c4ccc(OC)cc4OCC4CC4)ncnc23)CC1. The molecule has 3 N–H and O–H groups in total. The lowest BCUT2D eigenvalue weighted by Gasteiger charge is -2.29. The van der Waals surface area contributed by atoms with Crippen LogP contribution < -0.4 is 20.1 Å². The van der Waals surface area contributed by atoms with E-state index in [1.54, 1.807) is 20.2 Å². The molecule has 2 fully saturated rings. The minimum Gasteiger partial charge on any atom is -0.497 e. The first-order valence-corrected chi connectivity index (χ1v) is 12.9. The zero-order valence-electron chi connectivity index (χ0n) is 21.2. The number of methoxy groups -OCH3 is 1. The Morgan fingerprint density at radius 1 is 1.05 bits per heavy atom. The van der Waals surface area contributed by atoms with Gasteiger partial charge < -0.3 is 29.8 Å². The van der Waals surface area contributed by atoms with Crippen LogP contribution in [0.3, 0.4) is 0 Å². The summed E-state index contributed by atoms with van der Waals surface area (Å²) in [6, 6.07) is 5.76. The van der Waals surface area contributed by atoms with Crippen molar-refractivity contribution in [2.24, 2.45) is 5.92 Å². The molecule has 2 saturated carbocycles. The van der Waals surface area contributed by atoms with Crippen molar-refractivity contribution in [3.05, 3.63) is 36.3 Å². The molecule has 2 aliphatic rings. The number of hydrogen-bond donors (Lipinski definition) is 3. The van der Waals surface area contributed by atoms with Gasteiger partial charge in [-0.05, 0) is 63.5 Å². The Morgan fingerprint density at radius 3 is 2.51 bits per heavy atom. The molecule has 196 valence electrons. The van der Waals surface area contributed by atoms with Crippen molar-refractivity contribution in [3.63, 3.8) is 0 Å². The Hall–Kier alpha value is -3.82. The second kappa shape index (κ2) is 11.1. The fraction of sp³-hybridized carbons (Fsp3) is 0.481. The first kappa shape index (κ1) is 24.9. The van der Waals surface area contributed by atoms with Gasteiger partial charge in [-0.1, -0.05) is 0 Å². The van der Waals surface area contributed by atoms with Gasteiger partial charge in [-0.15, -0.1) is 0 Å². The van der Waals surface area contributed by atoms with Crippen LogP contribution in [0, 0.1) is 5.92 Å². The number of ether oxygens (including phenoxy) is 3. The van der Waals surface area contributed by atoms with Gasteiger partial charge in [-0.25, -0.2) is 14.8 Å². The van der Waals surface area contributed by atoms with Gasteiger partial charge in [-0.3, -0.25) is 4.79 Å². The monoisotopic (exact) mass is 507 g/mol. The molecule has 3 aromatic rings. The maximum Gasteiger partial charge on any atom is 0.407 e. The average Bonchev–Trinajstić information content (AvgIpc) is 3.64. The molecule has 37 heavy (non-hydrogen) atoms. The highest BCUT2D eigenvalue weighted by Crippen LogP contribution is 2.37.